The number of aromatic nitrogens is 1. The fourth-order valence-corrected chi connectivity index (χ4v) is 5.04. The molecule has 1 heterocycles. The van der Waals surface area contributed by atoms with Gasteiger partial charge in [0, 0.05) is 0 Å². The van der Waals surface area contributed by atoms with Crippen molar-refractivity contribution in [2.75, 3.05) is 6.61 Å². The highest BCUT2D eigenvalue weighted by Gasteiger charge is 2.22. The number of benzene rings is 2. The van der Waals surface area contributed by atoms with Gasteiger partial charge in [-0.1, -0.05) is 49.0 Å². The first kappa shape index (κ1) is 19.7. The van der Waals surface area contributed by atoms with Gasteiger partial charge in [-0.05, 0) is 44.0 Å². The molecule has 1 amide bonds. The summed E-state index contributed by atoms with van der Waals surface area (Å²) in [5.74, 6) is 0.903. The maximum absolute atomic E-state index is 12.7. The molecule has 2 atom stereocenters. The third-order valence-electron chi connectivity index (χ3n) is 4.22. The van der Waals surface area contributed by atoms with E-state index in [1.807, 2.05) is 69.3 Å². The van der Waals surface area contributed by atoms with E-state index in [4.69, 9.17) is 4.74 Å². The maximum Gasteiger partial charge on any atom is 0.234 e. The number of thiazole rings is 1. The topological polar surface area (TPSA) is 51.2 Å². The molecule has 2 aromatic carbocycles. The first-order valence-electron chi connectivity index (χ1n) is 9.16. The third kappa shape index (κ3) is 5.02. The van der Waals surface area contributed by atoms with Crippen molar-refractivity contribution in [3.05, 3.63) is 54.1 Å². The molecular weight excluding hydrogens is 376 g/mol. The Balaban J connectivity index is 1.68. The molecule has 0 fully saturated rings. The van der Waals surface area contributed by atoms with Crippen LogP contribution in [0, 0.1) is 0 Å². The Morgan fingerprint density at radius 3 is 2.70 bits per heavy atom. The van der Waals surface area contributed by atoms with Gasteiger partial charge >= 0.3 is 0 Å². The predicted molar refractivity (Wildman–Crippen MR) is 114 cm³/mol. The van der Waals surface area contributed by atoms with Crippen molar-refractivity contribution in [3.63, 3.8) is 0 Å². The van der Waals surface area contributed by atoms with Crippen molar-refractivity contribution in [2.45, 2.75) is 42.8 Å². The van der Waals surface area contributed by atoms with E-state index in [-0.39, 0.29) is 17.2 Å². The van der Waals surface area contributed by atoms with Crippen LogP contribution in [0.2, 0.25) is 0 Å². The summed E-state index contributed by atoms with van der Waals surface area (Å²) in [6.45, 7) is 6.66. The number of ether oxygens (including phenoxy) is 1. The van der Waals surface area contributed by atoms with Crippen molar-refractivity contribution >= 4 is 39.2 Å². The van der Waals surface area contributed by atoms with Crippen LogP contribution in [0.5, 0.6) is 5.75 Å². The van der Waals surface area contributed by atoms with Gasteiger partial charge in [-0.3, -0.25) is 4.79 Å². The van der Waals surface area contributed by atoms with Crippen molar-refractivity contribution < 1.29 is 9.53 Å². The smallest absolute Gasteiger partial charge is 0.234 e. The van der Waals surface area contributed by atoms with Crippen molar-refractivity contribution in [1.82, 2.24) is 10.3 Å². The number of amides is 1. The van der Waals surface area contributed by atoms with E-state index in [1.165, 1.54) is 11.8 Å². The number of rotatable bonds is 8. The number of carbonyl (C=O) groups excluding carboxylic acids is 1. The van der Waals surface area contributed by atoms with Crippen LogP contribution in [-0.4, -0.2) is 22.7 Å². The van der Waals surface area contributed by atoms with Crippen molar-refractivity contribution in [3.8, 4) is 5.75 Å². The zero-order chi connectivity index (χ0) is 19.2. The van der Waals surface area contributed by atoms with Gasteiger partial charge in [-0.15, -0.1) is 11.3 Å². The molecule has 0 saturated carbocycles. The first-order valence-corrected chi connectivity index (χ1v) is 10.9. The molecule has 3 rings (SSSR count). The van der Waals surface area contributed by atoms with Gasteiger partial charge in [0.1, 0.15) is 5.75 Å². The molecule has 142 valence electrons. The number of carbonyl (C=O) groups is 1. The summed E-state index contributed by atoms with van der Waals surface area (Å²) in [7, 11) is 0. The Morgan fingerprint density at radius 2 is 2.00 bits per heavy atom. The summed E-state index contributed by atoms with van der Waals surface area (Å²) in [4.78, 5) is 17.4. The minimum Gasteiger partial charge on any atom is -0.494 e. The molecule has 0 aliphatic rings. The van der Waals surface area contributed by atoms with Crippen LogP contribution < -0.4 is 10.1 Å². The summed E-state index contributed by atoms with van der Waals surface area (Å²) in [5.41, 5.74) is 2.05. The van der Waals surface area contributed by atoms with Gasteiger partial charge in [-0.2, -0.15) is 0 Å². The highest BCUT2D eigenvalue weighted by Crippen LogP contribution is 2.35. The highest BCUT2D eigenvalue weighted by molar-refractivity contribution is 8.02. The van der Waals surface area contributed by atoms with E-state index < -0.39 is 0 Å². The van der Waals surface area contributed by atoms with E-state index >= 15 is 0 Å². The summed E-state index contributed by atoms with van der Waals surface area (Å²) in [6, 6.07) is 15.9. The van der Waals surface area contributed by atoms with Gasteiger partial charge in [0.25, 0.3) is 0 Å². The molecule has 0 radical (unpaired) electrons. The SMILES string of the molecule is CCOc1ccc2nc(S[C@@H](CC)C(=O)N[C@@H](C)c3ccccc3)sc2c1. The van der Waals surface area contributed by atoms with E-state index in [0.717, 1.165) is 32.3 Å². The Kier molecular flexibility index (Phi) is 6.74. The average molecular weight is 401 g/mol. The summed E-state index contributed by atoms with van der Waals surface area (Å²) in [5, 5.41) is 2.96. The molecule has 0 spiro atoms. The maximum atomic E-state index is 12.7. The first-order chi connectivity index (χ1) is 13.1. The zero-order valence-corrected chi connectivity index (χ0v) is 17.4. The normalized spacial score (nSPS) is 13.3. The lowest BCUT2D eigenvalue weighted by Gasteiger charge is -2.18. The van der Waals surface area contributed by atoms with Gasteiger partial charge in [0.15, 0.2) is 4.34 Å². The minimum atomic E-state index is -0.164. The van der Waals surface area contributed by atoms with Crippen molar-refractivity contribution in [2.24, 2.45) is 0 Å². The predicted octanol–water partition coefficient (Wildman–Crippen LogP) is 5.44. The molecule has 6 heteroatoms. The molecule has 3 aromatic rings. The Morgan fingerprint density at radius 1 is 1.22 bits per heavy atom. The van der Waals surface area contributed by atoms with Crippen LogP contribution in [0.15, 0.2) is 52.9 Å². The Labute approximate surface area is 168 Å². The lowest BCUT2D eigenvalue weighted by molar-refractivity contribution is -0.121. The number of hydrogen-bond donors (Lipinski definition) is 1. The van der Waals surface area contributed by atoms with Gasteiger partial charge in [0.2, 0.25) is 5.91 Å². The summed E-state index contributed by atoms with van der Waals surface area (Å²) < 4.78 is 7.55. The fraction of sp³-hybridized carbons (Fsp3) is 0.333. The number of thioether (sulfide) groups is 1. The average Bonchev–Trinajstić information content (AvgIpc) is 3.08. The van der Waals surface area contributed by atoms with Crippen LogP contribution in [-0.2, 0) is 4.79 Å². The second kappa shape index (κ2) is 9.24. The molecule has 0 bridgehead atoms. The summed E-state index contributed by atoms with van der Waals surface area (Å²) in [6.07, 6.45) is 0.748. The third-order valence-corrected chi connectivity index (χ3v) is 6.69. The van der Waals surface area contributed by atoms with Crippen LogP contribution in [0.1, 0.15) is 38.8 Å². The van der Waals surface area contributed by atoms with Gasteiger partial charge in [0.05, 0.1) is 28.1 Å². The van der Waals surface area contributed by atoms with Crippen LogP contribution in [0.3, 0.4) is 0 Å². The second-order valence-electron chi connectivity index (χ2n) is 6.20. The molecule has 1 N–H and O–H groups in total. The number of hydrogen-bond acceptors (Lipinski definition) is 5. The Bertz CT molecular complexity index is 896. The van der Waals surface area contributed by atoms with Crippen LogP contribution in [0.4, 0.5) is 0 Å². The van der Waals surface area contributed by atoms with Crippen molar-refractivity contribution in [1.29, 1.82) is 0 Å². The lowest BCUT2D eigenvalue weighted by atomic mass is 10.1. The minimum absolute atomic E-state index is 0.0162. The number of nitrogens with one attached hydrogen (secondary N) is 1. The molecule has 4 nitrogen and oxygen atoms in total. The van der Waals surface area contributed by atoms with E-state index in [0.29, 0.717) is 6.61 Å². The van der Waals surface area contributed by atoms with Gasteiger partial charge in [-0.25, -0.2) is 4.98 Å². The highest BCUT2D eigenvalue weighted by atomic mass is 32.2. The quantitative estimate of drug-likeness (QED) is 0.511. The second-order valence-corrected chi connectivity index (χ2v) is 8.68. The largest absolute Gasteiger partial charge is 0.494 e. The standard InChI is InChI=1S/C21H24N2O2S2/c1-4-18(20(24)22-14(3)15-9-7-6-8-10-15)26-21-23-17-12-11-16(25-5-2)13-19(17)27-21/h6-14,18H,4-5H2,1-3H3,(H,22,24)/t14-,18-/m0/s1. The van der Waals surface area contributed by atoms with Gasteiger partial charge < -0.3 is 10.1 Å². The number of nitrogens with zero attached hydrogens (tertiary/aromatic N) is 1. The van der Waals surface area contributed by atoms with E-state index in [2.05, 4.69) is 10.3 Å². The molecule has 0 saturated heterocycles. The molecule has 0 unspecified atom stereocenters. The molecule has 27 heavy (non-hydrogen) atoms. The lowest BCUT2D eigenvalue weighted by Crippen LogP contribution is -2.34. The number of fused-ring (bicyclic) bond motifs is 1. The monoisotopic (exact) mass is 400 g/mol. The fourth-order valence-electron chi connectivity index (χ4n) is 2.77. The van der Waals surface area contributed by atoms with E-state index in [1.54, 1.807) is 11.3 Å². The van der Waals surface area contributed by atoms with E-state index in [9.17, 15) is 4.79 Å². The summed E-state index contributed by atoms with van der Waals surface area (Å²) >= 11 is 3.14. The molecule has 0 aliphatic carbocycles. The van der Waals surface area contributed by atoms with Crippen LogP contribution >= 0.6 is 23.1 Å². The molecule has 0 aliphatic heterocycles. The molecule has 1 aromatic heterocycles. The Hall–Kier alpha value is -2.05. The zero-order valence-electron chi connectivity index (χ0n) is 15.8. The van der Waals surface area contributed by atoms with Crippen LogP contribution in [0.25, 0.3) is 10.2 Å². The molecular formula is C21H24N2O2S2.